The lowest BCUT2D eigenvalue weighted by molar-refractivity contribution is 0.0686. The number of thiophene rings is 1. The molecule has 1 atom stereocenters. The largest absolute Gasteiger partial charge is 0.354 e. The first-order valence-electron chi connectivity index (χ1n) is 9.66. The molecule has 2 fully saturated rings. The molecular formula is C21H27N3O2S. The van der Waals surface area contributed by atoms with Gasteiger partial charge in [0.15, 0.2) is 5.78 Å². The van der Waals surface area contributed by atoms with Gasteiger partial charge in [0.1, 0.15) is 5.69 Å². The number of hydrogen-bond donors (Lipinski definition) is 2. The maximum Gasteiger partial charge on any atom is 0.271 e. The van der Waals surface area contributed by atoms with E-state index in [1.807, 2.05) is 13.8 Å². The number of ketones is 1. The average Bonchev–Trinajstić information content (AvgIpc) is 2.98. The third-order valence-electron chi connectivity index (χ3n) is 6.32. The highest BCUT2D eigenvalue weighted by Crippen LogP contribution is 2.56. The molecule has 1 aliphatic carbocycles. The normalized spacial score (nSPS) is 20.6. The van der Waals surface area contributed by atoms with E-state index in [-0.39, 0.29) is 23.1 Å². The molecule has 1 saturated heterocycles. The number of hydrogen-bond acceptors (Lipinski definition) is 4. The van der Waals surface area contributed by atoms with Gasteiger partial charge in [-0.25, -0.2) is 0 Å². The highest BCUT2D eigenvalue weighted by molar-refractivity contribution is 7.07. The first-order valence-corrected chi connectivity index (χ1v) is 10.6. The number of amides is 1. The molecule has 144 valence electrons. The molecule has 2 N–H and O–H groups in total. The van der Waals surface area contributed by atoms with Crippen LogP contribution in [0.25, 0.3) is 0 Å². The zero-order valence-electron chi connectivity index (χ0n) is 16.2. The molecule has 1 amide bonds. The molecule has 6 heteroatoms. The quantitative estimate of drug-likeness (QED) is 0.772. The molecular weight excluding hydrogens is 358 g/mol. The van der Waals surface area contributed by atoms with Crippen molar-refractivity contribution in [3.63, 3.8) is 0 Å². The van der Waals surface area contributed by atoms with E-state index in [1.54, 1.807) is 18.3 Å². The summed E-state index contributed by atoms with van der Waals surface area (Å²) in [5.74, 6) is 0.0284. The highest BCUT2D eigenvalue weighted by Gasteiger charge is 2.58. The van der Waals surface area contributed by atoms with Gasteiger partial charge >= 0.3 is 0 Å². The number of carbonyl (C=O) groups is 2. The van der Waals surface area contributed by atoms with Crippen molar-refractivity contribution in [3.05, 3.63) is 44.9 Å². The number of nitrogens with one attached hydrogen (secondary N) is 2. The van der Waals surface area contributed by atoms with Crippen LogP contribution in [0, 0.1) is 19.3 Å². The summed E-state index contributed by atoms with van der Waals surface area (Å²) < 4.78 is 0. The van der Waals surface area contributed by atoms with Crippen molar-refractivity contribution in [2.75, 3.05) is 13.1 Å². The first kappa shape index (κ1) is 18.4. The smallest absolute Gasteiger partial charge is 0.271 e. The van der Waals surface area contributed by atoms with Crippen LogP contribution in [-0.4, -0.2) is 40.7 Å². The number of aryl methyl sites for hydroxylation is 1. The van der Waals surface area contributed by atoms with Crippen LogP contribution in [0.2, 0.25) is 0 Å². The lowest BCUT2D eigenvalue weighted by Crippen LogP contribution is -2.39. The van der Waals surface area contributed by atoms with Crippen molar-refractivity contribution in [1.29, 1.82) is 0 Å². The summed E-state index contributed by atoms with van der Waals surface area (Å²) in [5, 5.41) is 7.61. The van der Waals surface area contributed by atoms with E-state index < -0.39 is 0 Å². The fraction of sp³-hybridized carbons (Fsp3) is 0.524. The van der Waals surface area contributed by atoms with E-state index in [9.17, 15) is 9.59 Å². The number of Topliss-reactive ketones (excluding diaryl/α,β-unsaturated/α-hetero) is 1. The van der Waals surface area contributed by atoms with Crippen molar-refractivity contribution in [1.82, 2.24) is 15.2 Å². The topological polar surface area (TPSA) is 65.2 Å². The highest BCUT2D eigenvalue weighted by atomic mass is 32.1. The zero-order valence-corrected chi connectivity index (χ0v) is 17.0. The molecule has 1 aliphatic heterocycles. The van der Waals surface area contributed by atoms with Crippen LogP contribution in [0.1, 0.15) is 63.9 Å². The summed E-state index contributed by atoms with van der Waals surface area (Å²) >= 11 is 1.66. The van der Waals surface area contributed by atoms with Crippen molar-refractivity contribution in [2.24, 2.45) is 5.41 Å². The predicted octanol–water partition coefficient (Wildman–Crippen LogP) is 3.68. The third-order valence-corrected chi connectivity index (χ3v) is 7.05. The van der Waals surface area contributed by atoms with Crippen LogP contribution in [0.3, 0.4) is 0 Å². The molecule has 1 saturated carbocycles. The SMILES string of the molecule is CC(=O)c1c(C)[nH]c(C(=O)N(Cc2ccsc2)C2CC23CCNCC3)c1C. The van der Waals surface area contributed by atoms with E-state index in [0.29, 0.717) is 17.8 Å². The Hall–Kier alpha value is -1.92. The molecule has 3 heterocycles. The second-order valence-electron chi connectivity index (χ2n) is 8.08. The summed E-state index contributed by atoms with van der Waals surface area (Å²) in [4.78, 5) is 30.8. The Labute approximate surface area is 164 Å². The molecule has 0 bridgehead atoms. The molecule has 2 aromatic rings. The standard InChI is InChI=1S/C21H27N3O2S/c1-13-18(15(3)25)14(2)23-19(13)20(26)24(11-16-4-9-27-12-16)17-10-21(17)5-7-22-8-6-21/h4,9,12,17,22-23H,5-8,10-11H2,1-3H3. The minimum atomic E-state index is 0.00549. The van der Waals surface area contributed by atoms with Gasteiger partial charge in [-0.3, -0.25) is 9.59 Å². The Morgan fingerprint density at radius 2 is 2.04 bits per heavy atom. The Morgan fingerprint density at radius 1 is 1.30 bits per heavy atom. The average molecular weight is 386 g/mol. The number of piperidine rings is 1. The fourth-order valence-corrected chi connectivity index (χ4v) is 5.43. The van der Waals surface area contributed by atoms with Gasteiger partial charge in [0, 0.05) is 23.8 Å². The zero-order chi connectivity index (χ0) is 19.2. The minimum absolute atomic E-state index is 0.00549. The Balaban J connectivity index is 1.66. The van der Waals surface area contributed by atoms with Gasteiger partial charge in [-0.15, -0.1) is 0 Å². The van der Waals surface area contributed by atoms with Crippen molar-refractivity contribution < 1.29 is 9.59 Å². The van der Waals surface area contributed by atoms with Gasteiger partial charge in [-0.1, -0.05) is 0 Å². The van der Waals surface area contributed by atoms with Crippen LogP contribution in [0.15, 0.2) is 16.8 Å². The van der Waals surface area contributed by atoms with Gasteiger partial charge in [0.25, 0.3) is 5.91 Å². The van der Waals surface area contributed by atoms with Crippen LogP contribution in [-0.2, 0) is 6.54 Å². The summed E-state index contributed by atoms with van der Waals surface area (Å²) in [5.41, 5.74) is 4.24. The van der Waals surface area contributed by atoms with Crippen LogP contribution < -0.4 is 5.32 Å². The van der Waals surface area contributed by atoms with E-state index in [4.69, 9.17) is 0 Å². The number of rotatable bonds is 5. The van der Waals surface area contributed by atoms with Crippen molar-refractivity contribution in [3.8, 4) is 0 Å². The third kappa shape index (κ3) is 3.25. The molecule has 1 spiro atoms. The summed E-state index contributed by atoms with van der Waals surface area (Å²) in [6.07, 6.45) is 3.35. The number of H-pyrrole nitrogens is 1. The van der Waals surface area contributed by atoms with Gasteiger partial charge in [-0.2, -0.15) is 11.3 Å². The first-order chi connectivity index (χ1) is 12.9. The fourth-order valence-electron chi connectivity index (χ4n) is 4.77. The molecule has 2 aromatic heterocycles. The monoisotopic (exact) mass is 385 g/mol. The number of aromatic nitrogens is 1. The molecule has 4 rings (SSSR count). The summed E-state index contributed by atoms with van der Waals surface area (Å²) in [6, 6.07) is 2.38. The maximum absolute atomic E-state index is 13.6. The molecule has 2 aliphatic rings. The summed E-state index contributed by atoms with van der Waals surface area (Å²) in [6.45, 7) is 8.01. The molecule has 0 radical (unpaired) electrons. The lowest BCUT2D eigenvalue weighted by Gasteiger charge is -2.29. The number of nitrogens with zero attached hydrogens (tertiary/aromatic N) is 1. The molecule has 0 aromatic carbocycles. The van der Waals surface area contributed by atoms with Gasteiger partial charge in [-0.05, 0) is 86.5 Å². The molecule has 1 unspecified atom stereocenters. The Kier molecular flexibility index (Phi) is 4.72. The van der Waals surface area contributed by atoms with E-state index in [0.717, 1.165) is 43.6 Å². The maximum atomic E-state index is 13.6. The van der Waals surface area contributed by atoms with Crippen molar-refractivity contribution in [2.45, 2.75) is 52.6 Å². The molecule has 5 nitrogen and oxygen atoms in total. The van der Waals surface area contributed by atoms with E-state index in [2.05, 4.69) is 32.0 Å². The number of aromatic amines is 1. The Morgan fingerprint density at radius 3 is 2.63 bits per heavy atom. The van der Waals surface area contributed by atoms with Gasteiger partial charge < -0.3 is 15.2 Å². The number of carbonyl (C=O) groups excluding carboxylic acids is 2. The van der Waals surface area contributed by atoms with E-state index in [1.165, 1.54) is 5.56 Å². The lowest BCUT2D eigenvalue weighted by atomic mass is 9.93. The van der Waals surface area contributed by atoms with E-state index >= 15 is 0 Å². The van der Waals surface area contributed by atoms with Gasteiger partial charge in [0.05, 0.1) is 0 Å². The van der Waals surface area contributed by atoms with Crippen LogP contribution >= 0.6 is 11.3 Å². The Bertz CT molecular complexity index is 862. The van der Waals surface area contributed by atoms with Crippen molar-refractivity contribution >= 4 is 23.0 Å². The minimum Gasteiger partial charge on any atom is -0.354 e. The second kappa shape index (κ2) is 6.91. The second-order valence-corrected chi connectivity index (χ2v) is 8.86. The molecule has 27 heavy (non-hydrogen) atoms. The van der Waals surface area contributed by atoms with Gasteiger partial charge in [0.2, 0.25) is 0 Å². The summed E-state index contributed by atoms with van der Waals surface area (Å²) in [7, 11) is 0. The van der Waals surface area contributed by atoms with Crippen LogP contribution in [0.5, 0.6) is 0 Å². The predicted molar refractivity (Wildman–Crippen MR) is 107 cm³/mol. The van der Waals surface area contributed by atoms with Crippen LogP contribution in [0.4, 0.5) is 0 Å².